The first-order valence-corrected chi connectivity index (χ1v) is 7.41. The summed E-state index contributed by atoms with van der Waals surface area (Å²) in [4.78, 5) is 2.56. The first-order chi connectivity index (χ1) is 9.33. The van der Waals surface area contributed by atoms with Crippen molar-refractivity contribution >= 4 is 0 Å². The summed E-state index contributed by atoms with van der Waals surface area (Å²) in [5.74, 6) is 1.01. The van der Waals surface area contributed by atoms with Crippen LogP contribution in [0.25, 0.3) is 0 Å². The second-order valence-corrected chi connectivity index (χ2v) is 5.29. The van der Waals surface area contributed by atoms with E-state index < -0.39 is 0 Å². The summed E-state index contributed by atoms with van der Waals surface area (Å²) in [6.45, 7) is 6.75. The van der Waals surface area contributed by atoms with Crippen LogP contribution in [0.3, 0.4) is 0 Å². The number of rotatable bonds is 4. The minimum absolute atomic E-state index is 0.681. The number of hydrogen-bond donors (Lipinski definition) is 1. The molecule has 1 saturated heterocycles. The molecule has 0 spiro atoms. The van der Waals surface area contributed by atoms with Crippen LogP contribution in [0, 0.1) is 0 Å². The number of hydrogen-bond acceptors (Lipinski definition) is 3. The van der Waals surface area contributed by atoms with E-state index in [2.05, 4.69) is 35.3 Å². The van der Waals surface area contributed by atoms with Crippen LogP contribution in [0.15, 0.2) is 24.3 Å². The van der Waals surface area contributed by atoms with E-state index in [-0.39, 0.29) is 0 Å². The molecular formula is C16H26N2O. The van der Waals surface area contributed by atoms with Crippen molar-refractivity contribution in [1.82, 2.24) is 10.2 Å². The van der Waals surface area contributed by atoms with Crippen LogP contribution in [-0.4, -0.2) is 37.7 Å². The Morgan fingerprint density at radius 1 is 1.32 bits per heavy atom. The molecule has 0 amide bonds. The van der Waals surface area contributed by atoms with E-state index in [1.54, 1.807) is 7.11 Å². The van der Waals surface area contributed by atoms with Gasteiger partial charge in [0.1, 0.15) is 5.75 Å². The molecule has 106 valence electrons. The van der Waals surface area contributed by atoms with Gasteiger partial charge in [-0.25, -0.2) is 0 Å². The number of nitrogens with zero attached hydrogens (tertiary/aromatic N) is 1. The summed E-state index contributed by atoms with van der Waals surface area (Å²) in [6, 6.07) is 9.04. The smallest absolute Gasteiger partial charge is 0.123 e. The molecule has 1 fully saturated rings. The van der Waals surface area contributed by atoms with Crippen molar-refractivity contribution in [3.8, 4) is 5.75 Å². The predicted octanol–water partition coefficient (Wildman–Crippen LogP) is 2.66. The molecule has 0 radical (unpaired) electrons. The van der Waals surface area contributed by atoms with E-state index in [4.69, 9.17) is 4.74 Å². The summed E-state index contributed by atoms with van der Waals surface area (Å²) >= 11 is 0. The maximum Gasteiger partial charge on any atom is 0.123 e. The van der Waals surface area contributed by atoms with Crippen molar-refractivity contribution < 1.29 is 4.74 Å². The lowest BCUT2D eigenvalue weighted by atomic mass is 10.1. The van der Waals surface area contributed by atoms with Gasteiger partial charge in [-0.15, -0.1) is 0 Å². The fourth-order valence-electron chi connectivity index (χ4n) is 2.74. The predicted molar refractivity (Wildman–Crippen MR) is 79.6 cm³/mol. The zero-order chi connectivity index (χ0) is 13.5. The molecule has 1 aromatic rings. The lowest BCUT2D eigenvalue weighted by molar-refractivity contribution is 0.222. The summed E-state index contributed by atoms with van der Waals surface area (Å²) in [5.41, 5.74) is 1.30. The van der Waals surface area contributed by atoms with Crippen molar-refractivity contribution in [1.29, 1.82) is 0 Å². The second kappa shape index (κ2) is 7.51. The molecule has 1 N–H and O–H groups in total. The van der Waals surface area contributed by atoms with Crippen LogP contribution in [0.4, 0.5) is 0 Å². The van der Waals surface area contributed by atoms with Gasteiger partial charge in [-0.1, -0.05) is 25.1 Å². The van der Waals surface area contributed by atoms with Gasteiger partial charge in [0.2, 0.25) is 0 Å². The minimum Gasteiger partial charge on any atom is -0.496 e. The third-order valence-electron chi connectivity index (χ3n) is 3.96. The fraction of sp³-hybridized carbons (Fsp3) is 0.625. The van der Waals surface area contributed by atoms with E-state index in [0.717, 1.165) is 18.8 Å². The molecule has 3 heteroatoms. The number of ether oxygens (including phenoxy) is 1. The Labute approximate surface area is 116 Å². The molecule has 1 aliphatic heterocycles. The molecule has 1 aliphatic rings. The molecular weight excluding hydrogens is 236 g/mol. The number of benzene rings is 1. The number of methoxy groups -OCH3 is 1. The fourth-order valence-corrected chi connectivity index (χ4v) is 2.74. The third-order valence-corrected chi connectivity index (χ3v) is 3.96. The molecule has 1 aromatic carbocycles. The molecule has 2 rings (SSSR count). The zero-order valence-electron chi connectivity index (χ0n) is 12.2. The van der Waals surface area contributed by atoms with E-state index in [0.29, 0.717) is 6.04 Å². The largest absolute Gasteiger partial charge is 0.496 e. The SMILES string of the molecule is CCC1CCN(Cc2ccccc2OC)CCCN1. The Balaban J connectivity index is 1.96. The van der Waals surface area contributed by atoms with Crippen LogP contribution in [0.1, 0.15) is 31.7 Å². The van der Waals surface area contributed by atoms with E-state index in [1.165, 1.54) is 37.9 Å². The standard InChI is InChI=1S/C16H26N2O/c1-3-15-9-12-18(11-6-10-17-15)13-14-7-4-5-8-16(14)19-2/h4-5,7-8,15,17H,3,6,9-13H2,1-2H3. The van der Waals surface area contributed by atoms with E-state index in [9.17, 15) is 0 Å². The lowest BCUT2D eigenvalue weighted by Crippen LogP contribution is -2.39. The first kappa shape index (κ1) is 14.4. The normalized spacial score (nSPS) is 21.7. The van der Waals surface area contributed by atoms with Gasteiger partial charge in [0.05, 0.1) is 7.11 Å². The second-order valence-electron chi connectivity index (χ2n) is 5.29. The topological polar surface area (TPSA) is 24.5 Å². The Kier molecular flexibility index (Phi) is 5.67. The van der Waals surface area contributed by atoms with Crippen molar-refractivity contribution in [2.24, 2.45) is 0 Å². The maximum atomic E-state index is 5.45. The van der Waals surface area contributed by atoms with Gasteiger partial charge in [0.15, 0.2) is 0 Å². The molecule has 19 heavy (non-hydrogen) atoms. The van der Waals surface area contributed by atoms with Crippen molar-refractivity contribution in [2.45, 2.75) is 38.8 Å². The Morgan fingerprint density at radius 2 is 2.16 bits per heavy atom. The van der Waals surface area contributed by atoms with Gasteiger partial charge in [0, 0.05) is 18.2 Å². The summed E-state index contributed by atoms with van der Waals surface area (Å²) < 4.78 is 5.45. The summed E-state index contributed by atoms with van der Waals surface area (Å²) in [7, 11) is 1.75. The third kappa shape index (κ3) is 4.22. The average molecular weight is 262 g/mol. The highest BCUT2D eigenvalue weighted by molar-refractivity contribution is 5.33. The molecule has 0 aromatic heterocycles. The molecule has 0 saturated carbocycles. The van der Waals surface area contributed by atoms with Gasteiger partial charge in [-0.2, -0.15) is 0 Å². The van der Waals surface area contributed by atoms with Crippen molar-refractivity contribution in [3.05, 3.63) is 29.8 Å². The Bertz CT molecular complexity index is 381. The quantitative estimate of drug-likeness (QED) is 0.903. The highest BCUT2D eigenvalue weighted by atomic mass is 16.5. The first-order valence-electron chi connectivity index (χ1n) is 7.41. The van der Waals surface area contributed by atoms with Crippen LogP contribution in [0.5, 0.6) is 5.75 Å². The van der Waals surface area contributed by atoms with Crippen LogP contribution < -0.4 is 10.1 Å². The molecule has 1 unspecified atom stereocenters. The maximum absolute atomic E-state index is 5.45. The van der Waals surface area contributed by atoms with Crippen LogP contribution in [-0.2, 0) is 6.54 Å². The van der Waals surface area contributed by atoms with Gasteiger partial charge in [-0.3, -0.25) is 4.90 Å². The lowest BCUT2D eigenvalue weighted by Gasteiger charge is -2.29. The van der Waals surface area contributed by atoms with Crippen molar-refractivity contribution in [3.63, 3.8) is 0 Å². The molecule has 0 aliphatic carbocycles. The highest BCUT2D eigenvalue weighted by Crippen LogP contribution is 2.20. The zero-order valence-corrected chi connectivity index (χ0v) is 12.2. The summed E-state index contributed by atoms with van der Waals surface area (Å²) in [6.07, 6.45) is 3.69. The van der Waals surface area contributed by atoms with Gasteiger partial charge in [-0.05, 0) is 45.0 Å². The molecule has 3 nitrogen and oxygen atoms in total. The molecule has 1 atom stereocenters. The number of para-hydroxylation sites is 1. The average Bonchev–Trinajstić information content (AvgIpc) is 2.43. The van der Waals surface area contributed by atoms with Crippen LogP contribution >= 0.6 is 0 Å². The van der Waals surface area contributed by atoms with Crippen molar-refractivity contribution in [2.75, 3.05) is 26.7 Å². The minimum atomic E-state index is 0.681. The Morgan fingerprint density at radius 3 is 2.95 bits per heavy atom. The monoisotopic (exact) mass is 262 g/mol. The van der Waals surface area contributed by atoms with E-state index >= 15 is 0 Å². The number of nitrogens with one attached hydrogen (secondary N) is 1. The summed E-state index contributed by atoms with van der Waals surface area (Å²) in [5, 5.41) is 3.63. The van der Waals surface area contributed by atoms with Gasteiger partial charge < -0.3 is 10.1 Å². The molecule has 1 heterocycles. The van der Waals surface area contributed by atoms with Crippen LogP contribution in [0.2, 0.25) is 0 Å². The van der Waals surface area contributed by atoms with Gasteiger partial charge >= 0.3 is 0 Å². The highest BCUT2D eigenvalue weighted by Gasteiger charge is 2.14. The molecule has 0 bridgehead atoms. The van der Waals surface area contributed by atoms with Gasteiger partial charge in [0.25, 0.3) is 0 Å². The van der Waals surface area contributed by atoms with E-state index in [1.807, 2.05) is 6.07 Å². The Hall–Kier alpha value is -1.06.